The zero-order valence-corrected chi connectivity index (χ0v) is 18.0. The molecule has 0 aromatic carbocycles. The third-order valence-electron chi connectivity index (χ3n) is 4.93. The fourth-order valence-electron chi connectivity index (χ4n) is 3.47. The summed E-state index contributed by atoms with van der Waals surface area (Å²) in [5.41, 5.74) is 0.569. The Hall–Kier alpha value is -2.97. The van der Waals surface area contributed by atoms with Gasteiger partial charge in [0, 0.05) is 30.7 Å². The number of carbonyl (C=O) groups is 2. The Morgan fingerprint density at radius 1 is 1.20 bits per heavy atom. The van der Waals surface area contributed by atoms with Gasteiger partial charge in [-0.25, -0.2) is 19.7 Å². The highest BCUT2D eigenvalue weighted by Crippen LogP contribution is 2.24. The molecule has 2 heterocycles. The summed E-state index contributed by atoms with van der Waals surface area (Å²) in [5.74, 6) is 0.617. The summed E-state index contributed by atoms with van der Waals surface area (Å²) in [7, 11) is 0. The fraction of sp³-hybridized carbons (Fsp3) is 0.571. The van der Waals surface area contributed by atoms with Crippen LogP contribution in [0.15, 0.2) is 24.8 Å². The number of aryl methyl sites for hydroxylation is 1. The monoisotopic (exact) mass is 414 g/mol. The Balaban J connectivity index is 1.48. The van der Waals surface area contributed by atoms with Crippen molar-refractivity contribution in [2.75, 3.05) is 6.54 Å². The summed E-state index contributed by atoms with van der Waals surface area (Å²) in [5, 5.41) is 5.93. The first-order valence-corrected chi connectivity index (χ1v) is 10.3. The molecule has 0 bridgehead atoms. The average molecular weight is 415 g/mol. The number of imidazole rings is 1. The normalized spacial score (nSPS) is 19.2. The van der Waals surface area contributed by atoms with Crippen LogP contribution in [0.1, 0.15) is 62.6 Å². The molecule has 1 fully saturated rings. The van der Waals surface area contributed by atoms with E-state index in [1.165, 1.54) is 0 Å². The van der Waals surface area contributed by atoms with Crippen LogP contribution in [-0.2, 0) is 4.74 Å². The third-order valence-corrected chi connectivity index (χ3v) is 4.93. The number of hydrogen-bond acceptors (Lipinski definition) is 6. The van der Waals surface area contributed by atoms with Crippen LogP contribution in [-0.4, -0.2) is 49.7 Å². The van der Waals surface area contributed by atoms with Gasteiger partial charge in [-0.15, -0.1) is 0 Å². The smallest absolute Gasteiger partial charge is 0.407 e. The van der Waals surface area contributed by atoms with Crippen LogP contribution in [0, 0.1) is 12.8 Å². The maximum Gasteiger partial charge on any atom is 0.407 e. The minimum atomic E-state index is -0.497. The van der Waals surface area contributed by atoms with Crippen molar-refractivity contribution in [2.24, 2.45) is 5.92 Å². The summed E-state index contributed by atoms with van der Waals surface area (Å²) < 4.78 is 6.95. The molecule has 1 aliphatic carbocycles. The number of hydrogen-bond donors (Lipinski definition) is 2. The predicted octanol–water partition coefficient (Wildman–Crippen LogP) is 2.78. The van der Waals surface area contributed by atoms with Crippen molar-refractivity contribution in [3.8, 4) is 5.95 Å². The van der Waals surface area contributed by atoms with Gasteiger partial charge in [0.05, 0.1) is 0 Å². The second-order valence-electron chi connectivity index (χ2n) is 8.74. The van der Waals surface area contributed by atoms with Gasteiger partial charge in [-0.1, -0.05) is 0 Å². The van der Waals surface area contributed by atoms with E-state index in [-0.39, 0.29) is 18.0 Å². The molecule has 0 unspecified atom stereocenters. The maximum atomic E-state index is 12.7. The van der Waals surface area contributed by atoms with Gasteiger partial charge in [-0.2, -0.15) is 0 Å². The van der Waals surface area contributed by atoms with E-state index in [0.29, 0.717) is 24.1 Å². The Bertz CT molecular complexity index is 867. The number of nitrogens with one attached hydrogen (secondary N) is 2. The zero-order chi connectivity index (χ0) is 21.7. The number of alkyl carbamates (subject to hydrolysis) is 1. The van der Waals surface area contributed by atoms with Crippen LogP contribution in [0.4, 0.5) is 4.79 Å². The summed E-state index contributed by atoms with van der Waals surface area (Å²) in [6, 6.07) is 1.79. The minimum Gasteiger partial charge on any atom is -0.444 e. The molecule has 0 saturated heterocycles. The van der Waals surface area contributed by atoms with Crippen molar-refractivity contribution in [1.82, 2.24) is 30.2 Å². The second-order valence-corrected chi connectivity index (χ2v) is 8.74. The second kappa shape index (κ2) is 9.23. The van der Waals surface area contributed by atoms with Gasteiger partial charge in [0.15, 0.2) is 0 Å². The lowest BCUT2D eigenvalue weighted by Crippen LogP contribution is -2.41. The number of aromatic nitrogens is 4. The molecule has 2 aromatic heterocycles. The quantitative estimate of drug-likeness (QED) is 0.778. The predicted molar refractivity (Wildman–Crippen MR) is 111 cm³/mol. The average Bonchev–Trinajstić information content (AvgIpc) is 3.20. The summed E-state index contributed by atoms with van der Waals surface area (Å²) in [6.07, 6.45) is 8.20. The number of amides is 2. The fourth-order valence-corrected chi connectivity index (χ4v) is 3.47. The number of nitrogens with zero attached hydrogens (tertiary/aromatic N) is 4. The highest BCUT2D eigenvalue weighted by molar-refractivity contribution is 5.92. The molecule has 30 heavy (non-hydrogen) atoms. The van der Waals surface area contributed by atoms with Crippen LogP contribution < -0.4 is 10.6 Å². The molecule has 1 aliphatic rings. The van der Waals surface area contributed by atoms with Crippen molar-refractivity contribution in [2.45, 2.75) is 65.0 Å². The summed E-state index contributed by atoms with van der Waals surface area (Å²) >= 11 is 0. The lowest BCUT2D eigenvalue weighted by atomic mass is 9.86. The molecule has 2 aromatic rings. The molecule has 162 valence electrons. The molecule has 0 radical (unpaired) electrons. The van der Waals surface area contributed by atoms with Crippen molar-refractivity contribution in [1.29, 1.82) is 0 Å². The highest BCUT2D eigenvalue weighted by Gasteiger charge is 2.25. The molecule has 9 nitrogen and oxygen atoms in total. The van der Waals surface area contributed by atoms with E-state index in [2.05, 4.69) is 25.6 Å². The first-order chi connectivity index (χ1) is 14.2. The molecule has 1 saturated carbocycles. The molecule has 2 amide bonds. The number of carbonyl (C=O) groups excluding carboxylic acids is 2. The third kappa shape index (κ3) is 6.27. The molecule has 2 N–H and O–H groups in total. The van der Waals surface area contributed by atoms with Crippen LogP contribution in [0.25, 0.3) is 5.95 Å². The van der Waals surface area contributed by atoms with Crippen molar-refractivity contribution in [3.05, 3.63) is 36.2 Å². The summed E-state index contributed by atoms with van der Waals surface area (Å²) in [4.78, 5) is 37.2. The molecule has 0 spiro atoms. The largest absolute Gasteiger partial charge is 0.444 e. The van der Waals surface area contributed by atoms with Crippen molar-refractivity contribution >= 4 is 12.0 Å². The Morgan fingerprint density at radius 3 is 2.57 bits per heavy atom. The zero-order valence-electron chi connectivity index (χ0n) is 18.0. The molecule has 9 heteroatoms. The van der Waals surface area contributed by atoms with E-state index in [0.717, 1.165) is 31.4 Å². The Labute approximate surface area is 176 Å². The highest BCUT2D eigenvalue weighted by atomic mass is 16.6. The van der Waals surface area contributed by atoms with Crippen LogP contribution in [0.5, 0.6) is 0 Å². The van der Waals surface area contributed by atoms with Crippen molar-refractivity contribution in [3.63, 3.8) is 0 Å². The first-order valence-electron chi connectivity index (χ1n) is 10.3. The van der Waals surface area contributed by atoms with Gasteiger partial charge in [0.2, 0.25) is 5.95 Å². The van der Waals surface area contributed by atoms with Gasteiger partial charge in [0.25, 0.3) is 5.91 Å². The molecular weight excluding hydrogens is 384 g/mol. The van der Waals surface area contributed by atoms with E-state index in [9.17, 15) is 9.59 Å². The number of rotatable bonds is 5. The SMILES string of the molecule is Cc1cc(C(=O)NC2CCC(CNC(=O)OC(C)(C)C)CC2)nc(-n2ccnc2)n1. The van der Waals surface area contributed by atoms with Gasteiger partial charge in [-0.3, -0.25) is 9.36 Å². The molecule has 0 aliphatic heterocycles. The minimum absolute atomic E-state index is 0.0993. The van der Waals surface area contributed by atoms with E-state index in [1.807, 2.05) is 27.7 Å². The van der Waals surface area contributed by atoms with Crippen LogP contribution in [0.3, 0.4) is 0 Å². The molecule has 3 rings (SSSR count). The van der Waals surface area contributed by atoms with Gasteiger partial charge in [-0.05, 0) is 65.4 Å². The Morgan fingerprint density at radius 2 is 1.93 bits per heavy atom. The van der Waals surface area contributed by atoms with Gasteiger partial charge >= 0.3 is 6.09 Å². The van der Waals surface area contributed by atoms with E-state index >= 15 is 0 Å². The lowest BCUT2D eigenvalue weighted by Gasteiger charge is -2.29. The summed E-state index contributed by atoms with van der Waals surface area (Å²) in [6.45, 7) is 7.96. The van der Waals surface area contributed by atoms with E-state index in [1.54, 1.807) is 29.4 Å². The van der Waals surface area contributed by atoms with Gasteiger partial charge in [0.1, 0.15) is 17.6 Å². The molecule has 0 atom stereocenters. The van der Waals surface area contributed by atoms with E-state index in [4.69, 9.17) is 4.74 Å². The first kappa shape index (κ1) is 21.7. The van der Waals surface area contributed by atoms with Gasteiger partial charge < -0.3 is 15.4 Å². The topological polar surface area (TPSA) is 111 Å². The Kier molecular flexibility index (Phi) is 6.69. The lowest BCUT2D eigenvalue weighted by molar-refractivity contribution is 0.0514. The molecular formula is C21H30N6O3. The standard InChI is InChI=1S/C21H30N6O3/c1-14-11-17(26-19(24-14)27-10-9-22-13-27)18(28)25-16-7-5-15(6-8-16)12-23-20(29)30-21(2,3)4/h9-11,13,15-16H,5-8,12H2,1-4H3,(H,23,29)(H,25,28). The van der Waals surface area contributed by atoms with Crippen molar-refractivity contribution < 1.29 is 14.3 Å². The van der Waals surface area contributed by atoms with E-state index < -0.39 is 5.60 Å². The van der Waals surface area contributed by atoms with Crippen LogP contribution >= 0.6 is 0 Å². The number of ether oxygens (including phenoxy) is 1. The van der Waals surface area contributed by atoms with Crippen LogP contribution in [0.2, 0.25) is 0 Å². The maximum absolute atomic E-state index is 12.7.